The van der Waals surface area contributed by atoms with Crippen molar-refractivity contribution >= 4 is 34.1 Å². The van der Waals surface area contributed by atoms with E-state index in [1.165, 1.54) is 17.5 Å². The van der Waals surface area contributed by atoms with Gasteiger partial charge in [0, 0.05) is 11.1 Å². The van der Waals surface area contributed by atoms with Gasteiger partial charge in [-0.25, -0.2) is 4.79 Å². The Morgan fingerprint density at radius 2 is 2.00 bits per heavy atom. The van der Waals surface area contributed by atoms with Crippen LogP contribution in [0.3, 0.4) is 0 Å². The minimum atomic E-state index is -0.645. The molecule has 2 aromatic heterocycles. The van der Waals surface area contributed by atoms with Crippen molar-refractivity contribution in [3.05, 3.63) is 69.9 Å². The van der Waals surface area contributed by atoms with E-state index in [0.29, 0.717) is 17.1 Å². The molecule has 0 aliphatic heterocycles. The Labute approximate surface area is 176 Å². The second-order valence-electron chi connectivity index (χ2n) is 6.96. The van der Waals surface area contributed by atoms with Crippen LogP contribution < -0.4 is 11.1 Å². The Morgan fingerprint density at radius 1 is 1.20 bits per heavy atom. The summed E-state index contributed by atoms with van der Waals surface area (Å²) >= 11 is 1.35. The third-order valence-electron chi connectivity index (χ3n) is 4.81. The maximum absolute atomic E-state index is 12.2. The van der Waals surface area contributed by atoms with Gasteiger partial charge in [-0.05, 0) is 30.4 Å². The van der Waals surface area contributed by atoms with E-state index in [-0.39, 0.29) is 5.56 Å². The maximum atomic E-state index is 12.2. The smallest absolute Gasteiger partial charge is 0.341 e. The van der Waals surface area contributed by atoms with E-state index in [1.807, 2.05) is 30.3 Å². The number of rotatable bonds is 7. The predicted molar refractivity (Wildman–Crippen MR) is 112 cm³/mol. The quantitative estimate of drug-likeness (QED) is 0.565. The molecule has 2 heterocycles. The van der Waals surface area contributed by atoms with Crippen LogP contribution >= 0.6 is 11.3 Å². The summed E-state index contributed by atoms with van der Waals surface area (Å²) in [6, 6.07) is 9.71. The fourth-order valence-electron chi connectivity index (χ4n) is 3.46. The number of fused-ring (bicyclic) bond motifs is 1. The number of esters is 1. The van der Waals surface area contributed by atoms with Gasteiger partial charge < -0.3 is 15.8 Å². The SMILES string of the molecule is NC(=O)c1c(NC(=O)COC(=O)c2cnn(Cc3ccccc3)c2)sc2c1CCC2. The molecule has 8 nitrogen and oxygen atoms in total. The molecule has 0 bridgehead atoms. The van der Waals surface area contributed by atoms with Gasteiger partial charge in [-0.2, -0.15) is 5.10 Å². The number of nitrogens with two attached hydrogens (primary N) is 1. The number of aromatic nitrogens is 2. The molecule has 0 radical (unpaired) electrons. The van der Waals surface area contributed by atoms with Crippen molar-refractivity contribution in [3.8, 4) is 0 Å². The lowest BCUT2D eigenvalue weighted by Gasteiger charge is -2.06. The minimum Gasteiger partial charge on any atom is -0.452 e. The number of benzene rings is 1. The molecule has 2 amide bonds. The van der Waals surface area contributed by atoms with E-state index in [9.17, 15) is 14.4 Å². The Hall–Kier alpha value is -3.46. The number of nitrogens with one attached hydrogen (secondary N) is 1. The Bertz CT molecular complexity index is 1100. The van der Waals surface area contributed by atoms with Crippen molar-refractivity contribution in [2.24, 2.45) is 5.73 Å². The maximum Gasteiger partial charge on any atom is 0.341 e. The van der Waals surface area contributed by atoms with Crippen molar-refractivity contribution in [1.82, 2.24) is 9.78 Å². The lowest BCUT2D eigenvalue weighted by molar-refractivity contribution is -0.119. The number of primary amides is 1. The van der Waals surface area contributed by atoms with Gasteiger partial charge in [-0.3, -0.25) is 14.3 Å². The van der Waals surface area contributed by atoms with Crippen LogP contribution in [0, 0.1) is 0 Å². The van der Waals surface area contributed by atoms with E-state index in [4.69, 9.17) is 10.5 Å². The molecule has 4 rings (SSSR count). The van der Waals surface area contributed by atoms with Crippen molar-refractivity contribution in [2.45, 2.75) is 25.8 Å². The summed E-state index contributed by atoms with van der Waals surface area (Å²) in [6.45, 7) is 0.0526. The van der Waals surface area contributed by atoms with Crippen molar-refractivity contribution in [1.29, 1.82) is 0 Å². The zero-order chi connectivity index (χ0) is 21.1. The summed E-state index contributed by atoms with van der Waals surface area (Å²) in [4.78, 5) is 37.3. The van der Waals surface area contributed by atoms with Crippen LogP contribution in [-0.2, 0) is 28.9 Å². The molecule has 3 N–H and O–H groups in total. The van der Waals surface area contributed by atoms with Gasteiger partial charge >= 0.3 is 5.97 Å². The summed E-state index contributed by atoms with van der Waals surface area (Å²) in [5, 5.41) is 7.22. The topological polar surface area (TPSA) is 116 Å². The fourth-order valence-corrected chi connectivity index (χ4v) is 4.77. The molecular formula is C21H20N4O4S. The molecule has 3 aromatic rings. The zero-order valence-electron chi connectivity index (χ0n) is 16.1. The molecule has 154 valence electrons. The molecule has 0 atom stereocenters. The van der Waals surface area contributed by atoms with E-state index in [2.05, 4.69) is 10.4 Å². The summed E-state index contributed by atoms with van der Waals surface area (Å²) < 4.78 is 6.71. The molecule has 0 fully saturated rings. The van der Waals surface area contributed by atoms with Gasteiger partial charge in [0.2, 0.25) is 0 Å². The average molecular weight is 424 g/mol. The highest BCUT2D eigenvalue weighted by molar-refractivity contribution is 7.17. The number of thiophene rings is 1. The van der Waals surface area contributed by atoms with E-state index >= 15 is 0 Å². The second kappa shape index (κ2) is 8.50. The Kier molecular flexibility index (Phi) is 5.62. The van der Waals surface area contributed by atoms with Gasteiger partial charge in [0.25, 0.3) is 11.8 Å². The number of anilines is 1. The van der Waals surface area contributed by atoms with Crippen molar-refractivity contribution < 1.29 is 19.1 Å². The van der Waals surface area contributed by atoms with Gasteiger partial charge in [-0.15, -0.1) is 11.3 Å². The van der Waals surface area contributed by atoms with Crippen molar-refractivity contribution in [2.75, 3.05) is 11.9 Å². The summed E-state index contributed by atoms with van der Waals surface area (Å²) in [7, 11) is 0. The van der Waals surface area contributed by atoms with Crippen LogP contribution in [0.2, 0.25) is 0 Å². The number of aryl methyl sites for hydroxylation is 1. The lowest BCUT2D eigenvalue weighted by Crippen LogP contribution is -2.22. The highest BCUT2D eigenvalue weighted by atomic mass is 32.1. The zero-order valence-corrected chi connectivity index (χ0v) is 16.9. The molecule has 0 spiro atoms. The standard InChI is InChI=1S/C21H20N4O4S/c22-19(27)18-15-7-4-8-16(15)30-20(18)24-17(26)12-29-21(28)14-9-23-25(11-14)10-13-5-2-1-3-6-13/h1-3,5-6,9,11H,4,7-8,10,12H2,(H2,22,27)(H,24,26). The number of amides is 2. The van der Waals surface area contributed by atoms with Gasteiger partial charge in [0.15, 0.2) is 6.61 Å². The monoisotopic (exact) mass is 424 g/mol. The molecule has 9 heteroatoms. The number of ether oxygens (including phenoxy) is 1. The summed E-state index contributed by atoms with van der Waals surface area (Å²) in [6.07, 6.45) is 5.60. The van der Waals surface area contributed by atoms with E-state index in [1.54, 1.807) is 10.9 Å². The number of hydrogen-bond acceptors (Lipinski definition) is 6. The molecule has 1 aliphatic carbocycles. The lowest BCUT2D eigenvalue weighted by atomic mass is 10.1. The van der Waals surface area contributed by atoms with Crippen LogP contribution in [0.25, 0.3) is 0 Å². The molecule has 1 aromatic carbocycles. The normalized spacial score (nSPS) is 12.4. The van der Waals surface area contributed by atoms with E-state index < -0.39 is 24.4 Å². The molecular weight excluding hydrogens is 404 g/mol. The number of carbonyl (C=O) groups excluding carboxylic acids is 3. The van der Waals surface area contributed by atoms with Gasteiger partial charge in [0.05, 0.1) is 23.9 Å². The Balaban J connectivity index is 1.34. The molecule has 30 heavy (non-hydrogen) atoms. The summed E-state index contributed by atoms with van der Waals surface area (Å²) in [5.41, 5.74) is 8.08. The largest absolute Gasteiger partial charge is 0.452 e. The first-order valence-corrected chi connectivity index (χ1v) is 10.3. The predicted octanol–water partition coefficient (Wildman–Crippen LogP) is 2.38. The summed E-state index contributed by atoms with van der Waals surface area (Å²) in [5.74, 6) is -1.73. The highest BCUT2D eigenvalue weighted by Gasteiger charge is 2.26. The molecule has 0 unspecified atom stereocenters. The fraction of sp³-hybridized carbons (Fsp3) is 0.238. The van der Waals surface area contributed by atoms with Crippen LogP contribution in [0.4, 0.5) is 5.00 Å². The van der Waals surface area contributed by atoms with E-state index in [0.717, 1.165) is 35.3 Å². The average Bonchev–Trinajstić information content (AvgIpc) is 3.43. The van der Waals surface area contributed by atoms with Crippen LogP contribution in [0.5, 0.6) is 0 Å². The first-order chi connectivity index (χ1) is 14.5. The highest BCUT2D eigenvalue weighted by Crippen LogP contribution is 2.38. The van der Waals surface area contributed by atoms with Gasteiger partial charge in [0.1, 0.15) is 5.00 Å². The molecule has 1 aliphatic rings. The van der Waals surface area contributed by atoms with Crippen LogP contribution in [-0.4, -0.2) is 34.2 Å². The third-order valence-corrected chi connectivity index (χ3v) is 6.02. The van der Waals surface area contributed by atoms with Crippen LogP contribution in [0.15, 0.2) is 42.7 Å². The first kappa shape index (κ1) is 19.8. The third kappa shape index (κ3) is 4.25. The first-order valence-electron chi connectivity index (χ1n) is 9.49. The molecule has 0 saturated heterocycles. The molecule has 0 saturated carbocycles. The number of carbonyl (C=O) groups is 3. The van der Waals surface area contributed by atoms with Gasteiger partial charge in [-0.1, -0.05) is 30.3 Å². The van der Waals surface area contributed by atoms with Crippen molar-refractivity contribution in [3.63, 3.8) is 0 Å². The van der Waals surface area contributed by atoms with Crippen LogP contribution in [0.1, 0.15) is 43.1 Å². The minimum absolute atomic E-state index is 0.256. The number of hydrogen-bond donors (Lipinski definition) is 2. The number of nitrogens with zero attached hydrogens (tertiary/aromatic N) is 2. The second-order valence-corrected chi connectivity index (χ2v) is 8.07. The Morgan fingerprint density at radius 3 is 2.77 bits per heavy atom.